The first-order chi connectivity index (χ1) is 45.0. The molecular formula is C80H44F3N9. The van der Waals surface area contributed by atoms with Gasteiger partial charge in [0.2, 0.25) is 0 Å². The molecule has 0 amide bonds. The average molecular weight is 1190 g/mol. The van der Waals surface area contributed by atoms with E-state index in [1.165, 1.54) is 6.07 Å². The van der Waals surface area contributed by atoms with E-state index in [0.717, 1.165) is 72.1 Å². The Morgan fingerprint density at radius 3 is 1.09 bits per heavy atom. The molecule has 12 aromatic carbocycles. The molecular weight excluding hydrogens is 1140 g/mol. The van der Waals surface area contributed by atoms with Crippen molar-refractivity contribution in [3.05, 3.63) is 306 Å². The SMILES string of the molecule is [C-]#[N+]c1cccc(-c2ccc3c(c2)c2cc(-c4cccc(C#N)c4)ccc2n3-c2cccc(-c3nc(-c4ccccc4)nc(-c4ccccc4)n3)c2-c2c(-n3c4ccc(-c5cccc(C#N)c5)cc4c4cc(-c5cccc([N+]#[C-])c5)ccc43)cccc2C(F)(F)F)c1. The minimum absolute atomic E-state index is 0.123. The van der Waals surface area contributed by atoms with Crippen molar-refractivity contribution in [2.24, 2.45) is 0 Å². The summed E-state index contributed by atoms with van der Waals surface area (Å²) in [7, 11) is 0. The molecule has 3 heterocycles. The summed E-state index contributed by atoms with van der Waals surface area (Å²) < 4.78 is 55.1. The van der Waals surface area contributed by atoms with Gasteiger partial charge in [-0.05, 0) is 148 Å². The number of rotatable bonds is 10. The highest BCUT2D eigenvalue weighted by molar-refractivity contribution is 6.15. The highest BCUT2D eigenvalue weighted by Crippen LogP contribution is 2.50. The van der Waals surface area contributed by atoms with Crippen molar-refractivity contribution in [1.29, 1.82) is 10.5 Å². The van der Waals surface area contributed by atoms with Crippen LogP contribution in [0.2, 0.25) is 0 Å². The van der Waals surface area contributed by atoms with E-state index in [2.05, 4.69) is 34.0 Å². The first-order valence-electron chi connectivity index (χ1n) is 29.4. The van der Waals surface area contributed by atoms with Gasteiger partial charge in [0, 0.05) is 49.4 Å². The summed E-state index contributed by atoms with van der Waals surface area (Å²) >= 11 is 0. The molecule has 9 nitrogen and oxygen atoms in total. The van der Waals surface area contributed by atoms with Crippen LogP contribution < -0.4 is 0 Å². The van der Waals surface area contributed by atoms with Crippen molar-refractivity contribution in [2.75, 3.05) is 0 Å². The summed E-state index contributed by atoms with van der Waals surface area (Å²) in [6.45, 7) is 15.7. The Kier molecular flexibility index (Phi) is 13.7. The Labute approximate surface area is 526 Å². The second-order valence-corrected chi connectivity index (χ2v) is 22.2. The molecule has 0 unspecified atom stereocenters. The van der Waals surface area contributed by atoms with Gasteiger partial charge in [0.25, 0.3) is 0 Å². The lowest BCUT2D eigenvalue weighted by Crippen LogP contribution is -2.12. The van der Waals surface area contributed by atoms with E-state index >= 15 is 13.2 Å². The maximum Gasteiger partial charge on any atom is 0.417 e. The smallest absolute Gasteiger partial charge is 0.309 e. The minimum Gasteiger partial charge on any atom is -0.309 e. The third-order valence-corrected chi connectivity index (χ3v) is 16.9. The lowest BCUT2D eigenvalue weighted by Gasteiger charge is -2.24. The highest BCUT2D eigenvalue weighted by Gasteiger charge is 2.38. The fraction of sp³-hybridized carbons (Fsp3) is 0.0125. The molecule has 3 aromatic heterocycles. The van der Waals surface area contributed by atoms with Gasteiger partial charge in [0.15, 0.2) is 28.8 Å². The summed E-state index contributed by atoms with van der Waals surface area (Å²) in [6, 6.07) is 86.3. The first-order valence-corrected chi connectivity index (χ1v) is 29.4. The zero-order chi connectivity index (χ0) is 62.6. The monoisotopic (exact) mass is 1190 g/mol. The molecule has 0 aliphatic rings. The Bertz CT molecular complexity index is 5410. The van der Waals surface area contributed by atoms with Crippen LogP contribution >= 0.6 is 0 Å². The van der Waals surface area contributed by atoms with Crippen molar-refractivity contribution < 1.29 is 13.2 Å². The van der Waals surface area contributed by atoms with Crippen molar-refractivity contribution in [3.8, 4) is 113 Å². The Morgan fingerprint density at radius 2 is 0.685 bits per heavy atom. The molecule has 0 bridgehead atoms. The Balaban J connectivity index is 1.09. The van der Waals surface area contributed by atoms with Gasteiger partial charge in [-0.15, -0.1) is 0 Å². The molecule has 0 aliphatic carbocycles. The van der Waals surface area contributed by atoms with E-state index in [-0.39, 0.29) is 28.2 Å². The van der Waals surface area contributed by atoms with Crippen molar-refractivity contribution in [2.45, 2.75) is 6.18 Å². The number of nitrogens with zero attached hydrogens (tertiary/aromatic N) is 9. The number of nitriles is 2. The van der Waals surface area contributed by atoms with Gasteiger partial charge in [-0.2, -0.15) is 23.7 Å². The maximum absolute atomic E-state index is 17.1. The molecule has 15 rings (SSSR count). The van der Waals surface area contributed by atoms with E-state index in [9.17, 15) is 10.5 Å². The minimum atomic E-state index is -4.96. The third-order valence-electron chi connectivity index (χ3n) is 16.9. The topological polar surface area (TPSA) is 105 Å². The predicted molar refractivity (Wildman–Crippen MR) is 359 cm³/mol. The zero-order valence-electron chi connectivity index (χ0n) is 48.6. The zero-order valence-corrected chi connectivity index (χ0v) is 48.6. The lowest BCUT2D eigenvalue weighted by atomic mass is 9.90. The number of aromatic nitrogens is 5. The van der Waals surface area contributed by atoms with E-state index in [1.807, 2.05) is 215 Å². The molecule has 0 aliphatic heterocycles. The molecule has 0 atom stereocenters. The fourth-order valence-electron chi connectivity index (χ4n) is 12.7. The molecule has 0 N–H and O–H groups in total. The largest absolute Gasteiger partial charge is 0.417 e. The normalized spacial score (nSPS) is 11.4. The van der Waals surface area contributed by atoms with E-state index in [0.29, 0.717) is 73.0 Å². The van der Waals surface area contributed by atoms with Crippen LogP contribution in [0, 0.1) is 35.8 Å². The van der Waals surface area contributed by atoms with Crippen LogP contribution in [0.25, 0.3) is 154 Å². The Morgan fingerprint density at radius 1 is 0.337 bits per heavy atom. The van der Waals surface area contributed by atoms with Crippen LogP contribution in [0.3, 0.4) is 0 Å². The number of benzene rings is 12. The van der Waals surface area contributed by atoms with E-state index in [1.54, 1.807) is 36.4 Å². The van der Waals surface area contributed by atoms with Crippen LogP contribution in [0.4, 0.5) is 24.5 Å². The van der Waals surface area contributed by atoms with Crippen molar-refractivity contribution in [1.82, 2.24) is 24.1 Å². The first kappa shape index (κ1) is 55.6. The lowest BCUT2D eigenvalue weighted by molar-refractivity contribution is -0.137. The molecule has 0 saturated heterocycles. The van der Waals surface area contributed by atoms with Crippen LogP contribution in [-0.2, 0) is 6.18 Å². The van der Waals surface area contributed by atoms with Crippen molar-refractivity contribution in [3.63, 3.8) is 0 Å². The van der Waals surface area contributed by atoms with Gasteiger partial charge in [-0.25, -0.2) is 24.6 Å². The number of alkyl halides is 3. The van der Waals surface area contributed by atoms with E-state index in [4.69, 9.17) is 28.1 Å². The molecule has 15 aromatic rings. The molecule has 0 spiro atoms. The third kappa shape index (κ3) is 9.80. The number of halogens is 3. The predicted octanol–water partition coefficient (Wildman–Crippen LogP) is 21.3. The van der Waals surface area contributed by atoms with Crippen LogP contribution in [0.15, 0.2) is 267 Å². The molecule has 0 saturated carbocycles. The summed E-state index contributed by atoms with van der Waals surface area (Å²) in [5, 5.41) is 23.0. The molecule has 0 radical (unpaired) electrons. The number of hydrogen-bond acceptors (Lipinski definition) is 5. The number of hydrogen-bond donors (Lipinski definition) is 0. The molecule has 430 valence electrons. The van der Waals surface area contributed by atoms with Gasteiger partial charge >= 0.3 is 6.18 Å². The second kappa shape index (κ2) is 22.6. The fourth-order valence-corrected chi connectivity index (χ4v) is 12.7. The van der Waals surface area contributed by atoms with Gasteiger partial charge in [0.1, 0.15) is 0 Å². The molecule has 0 fully saturated rings. The highest BCUT2D eigenvalue weighted by atomic mass is 19.4. The van der Waals surface area contributed by atoms with Crippen LogP contribution in [-0.4, -0.2) is 24.1 Å². The van der Waals surface area contributed by atoms with Crippen molar-refractivity contribution >= 4 is 55.0 Å². The van der Waals surface area contributed by atoms with Crippen LogP contribution in [0.5, 0.6) is 0 Å². The quantitative estimate of drug-likeness (QED) is 0.127. The summed E-state index contributed by atoms with van der Waals surface area (Å²) in [5.74, 6) is 0.745. The molecule has 12 heteroatoms. The Hall–Kier alpha value is -13.0. The maximum atomic E-state index is 17.1. The summed E-state index contributed by atoms with van der Waals surface area (Å²) in [5.41, 5.74) is 12.1. The number of fused-ring (bicyclic) bond motifs is 6. The van der Waals surface area contributed by atoms with Crippen LogP contribution in [0.1, 0.15) is 16.7 Å². The summed E-state index contributed by atoms with van der Waals surface area (Å²) in [6.07, 6.45) is -4.96. The standard InChI is InChI=1S/C80H44F3N9/c1-86-61-25-11-23-55(41-61)59-33-37-70-66(45-59)64-43-57(53-21-9-15-49(39-53)47-84)31-35-69(64)91(70)73-29-13-27-63(79-89-77(51-17-5-3-6-18-51)88-78(90-79)52-19-7-4-8-20-52)75(73)76-68(80(81,82)83)28-14-30-74(76)92-71-36-32-58(54-22-10-16-50(40-54)48-85)44-65(71)67-46-60(34-38-72(67)92)56-24-12-26-62(42-56)87-2/h3-46H. The van der Waals surface area contributed by atoms with Gasteiger partial charge in [-0.3, -0.25) is 0 Å². The molecule has 92 heavy (non-hydrogen) atoms. The van der Waals surface area contributed by atoms with E-state index < -0.39 is 11.7 Å². The van der Waals surface area contributed by atoms with Gasteiger partial charge < -0.3 is 9.13 Å². The van der Waals surface area contributed by atoms with Gasteiger partial charge in [0.05, 0.1) is 75.4 Å². The summed E-state index contributed by atoms with van der Waals surface area (Å²) in [4.78, 5) is 22.9. The average Bonchev–Trinajstić information content (AvgIpc) is 1.49. The van der Waals surface area contributed by atoms with Gasteiger partial charge in [-0.1, -0.05) is 164 Å². The second-order valence-electron chi connectivity index (χ2n) is 22.2.